The van der Waals surface area contributed by atoms with Gasteiger partial charge in [0.2, 0.25) is 0 Å². The van der Waals surface area contributed by atoms with Crippen LogP contribution in [0.4, 0.5) is 0 Å². The molecule has 0 spiro atoms. The van der Waals surface area contributed by atoms with Gasteiger partial charge in [-0.05, 0) is 37.6 Å². The Labute approximate surface area is 105 Å². The van der Waals surface area contributed by atoms with Gasteiger partial charge in [0.1, 0.15) is 0 Å². The van der Waals surface area contributed by atoms with Gasteiger partial charge in [-0.25, -0.2) is 0 Å². The van der Waals surface area contributed by atoms with Crippen LogP contribution in [-0.4, -0.2) is 35.1 Å². The molecule has 100 valence electrons. The van der Waals surface area contributed by atoms with E-state index in [2.05, 4.69) is 25.7 Å². The first-order valence-corrected chi connectivity index (χ1v) is 6.92. The summed E-state index contributed by atoms with van der Waals surface area (Å²) in [6, 6.07) is 0.581. The maximum Gasteiger partial charge on any atom is 0.307 e. The number of nitrogens with zero attached hydrogens (tertiary/aromatic N) is 1. The van der Waals surface area contributed by atoms with Crippen molar-refractivity contribution < 1.29 is 9.90 Å². The molecule has 0 aromatic carbocycles. The van der Waals surface area contributed by atoms with Crippen molar-refractivity contribution in [1.29, 1.82) is 0 Å². The molecule has 17 heavy (non-hydrogen) atoms. The molecule has 1 fully saturated rings. The molecule has 1 rings (SSSR count). The van der Waals surface area contributed by atoms with E-state index in [-0.39, 0.29) is 5.92 Å². The molecule has 1 aliphatic carbocycles. The SMILES string of the molecule is CCN(CC(C)C(=O)O)C1CCC(C)CC1C. The lowest BCUT2D eigenvalue weighted by Gasteiger charge is -2.40. The van der Waals surface area contributed by atoms with Crippen LogP contribution in [0.25, 0.3) is 0 Å². The van der Waals surface area contributed by atoms with Crippen LogP contribution >= 0.6 is 0 Å². The fraction of sp³-hybridized carbons (Fsp3) is 0.929. The summed E-state index contributed by atoms with van der Waals surface area (Å²) in [5.74, 6) is 0.582. The molecule has 1 N–H and O–H groups in total. The van der Waals surface area contributed by atoms with Crippen molar-refractivity contribution in [3.8, 4) is 0 Å². The Morgan fingerprint density at radius 1 is 1.41 bits per heavy atom. The quantitative estimate of drug-likeness (QED) is 0.804. The molecule has 0 aliphatic heterocycles. The van der Waals surface area contributed by atoms with E-state index < -0.39 is 5.97 Å². The molecule has 1 aliphatic rings. The minimum atomic E-state index is -0.680. The Kier molecular flexibility index (Phi) is 5.44. The van der Waals surface area contributed by atoms with Gasteiger partial charge in [-0.15, -0.1) is 0 Å². The van der Waals surface area contributed by atoms with E-state index in [1.165, 1.54) is 19.3 Å². The predicted molar refractivity (Wildman–Crippen MR) is 70.0 cm³/mol. The molecule has 0 heterocycles. The van der Waals surface area contributed by atoms with Crippen molar-refractivity contribution in [1.82, 2.24) is 4.90 Å². The number of aliphatic carboxylic acids is 1. The minimum absolute atomic E-state index is 0.263. The summed E-state index contributed by atoms with van der Waals surface area (Å²) in [5.41, 5.74) is 0. The van der Waals surface area contributed by atoms with Crippen LogP contribution in [0, 0.1) is 17.8 Å². The zero-order chi connectivity index (χ0) is 13.0. The average Bonchev–Trinajstić information content (AvgIpc) is 2.26. The number of carboxylic acid groups (broad SMARTS) is 1. The lowest BCUT2D eigenvalue weighted by molar-refractivity contribution is -0.142. The molecule has 0 amide bonds. The molecule has 0 aromatic heterocycles. The minimum Gasteiger partial charge on any atom is -0.481 e. The lowest BCUT2D eigenvalue weighted by Crippen LogP contribution is -2.45. The van der Waals surface area contributed by atoms with Gasteiger partial charge < -0.3 is 5.11 Å². The fourth-order valence-corrected chi connectivity index (χ4v) is 3.12. The first kappa shape index (κ1) is 14.5. The summed E-state index contributed by atoms with van der Waals surface area (Å²) in [6.07, 6.45) is 3.79. The van der Waals surface area contributed by atoms with Gasteiger partial charge >= 0.3 is 5.97 Å². The van der Waals surface area contributed by atoms with E-state index in [1.54, 1.807) is 6.92 Å². The van der Waals surface area contributed by atoms with Crippen molar-refractivity contribution in [3.63, 3.8) is 0 Å². The van der Waals surface area contributed by atoms with Crippen LogP contribution in [0.2, 0.25) is 0 Å². The van der Waals surface area contributed by atoms with E-state index in [1.807, 2.05) is 0 Å². The Bertz CT molecular complexity index is 255. The molecule has 1 saturated carbocycles. The summed E-state index contributed by atoms with van der Waals surface area (Å²) in [7, 11) is 0. The molecule has 0 bridgehead atoms. The van der Waals surface area contributed by atoms with E-state index in [4.69, 9.17) is 5.11 Å². The molecule has 0 radical (unpaired) electrons. The Balaban J connectivity index is 2.57. The van der Waals surface area contributed by atoms with E-state index >= 15 is 0 Å². The standard InChI is InChI=1S/C14H27NO2/c1-5-15(9-12(4)14(16)17)13-7-6-10(2)8-11(13)3/h10-13H,5-9H2,1-4H3,(H,16,17). The van der Waals surface area contributed by atoms with Crippen LogP contribution in [0.3, 0.4) is 0 Å². The summed E-state index contributed by atoms with van der Waals surface area (Å²) >= 11 is 0. The van der Waals surface area contributed by atoms with Crippen molar-refractivity contribution >= 4 is 5.97 Å². The van der Waals surface area contributed by atoms with Crippen LogP contribution < -0.4 is 0 Å². The number of rotatable bonds is 5. The van der Waals surface area contributed by atoms with Gasteiger partial charge in [0.05, 0.1) is 5.92 Å². The maximum atomic E-state index is 10.9. The third-order valence-corrected chi connectivity index (χ3v) is 4.19. The van der Waals surface area contributed by atoms with E-state index in [9.17, 15) is 4.79 Å². The van der Waals surface area contributed by atoms with Gasteiger partial charge in [0.15, 0.2) is 0 Å². The predicted octanol–water partition coefficient (Wildman–Crippen LogP) is 2.85. The average molecular weight is 241 g/mol. The van der Waals surface area contributed by atoms with Crippen molar-refractivity contribution in [3.05, 3.63) is 0 Å². The van der Waals surface area contributed by atoms with E-state index in [0.717, 1.165) is 12.5 Å². The zero-order valence-electron chi connectivity index (χ0n) is 11.6. The fourth-order valence-electron chi connectivity index (χ4n) is 3.12. The summed E-state index contributed by atoms with van der Waals surface area (Å²) in [4.78, 5) is 13.3. The molecule has 0 aromatic rings. The molecular formula is C14H27NO2. The van der Waals surface area contributed by atoms with Crippen LogP contribution in [0.1, 0.15) is 47.0 Å². The highest BCUT2D eigenvalue weighted by molar-refractivity contribution is 5.69. The van der Waals surface area contributed by atoms with E-state index in [0.29, 0.717) is 18.5 Å². The summed E-state index contributed by atoms with van der Waals surface area (Å²) in [6.45, 7) is 10.2. The second-order valence-electron chi connectivity index (χ2n) is 5.79. The van der Waals surface area contributed by atoms with Gasteiger partial charge in [0.25, 0.3) is 0 Å². The molecular weight excluding hydrogens is 214 g/mol. The van der Waals surface area contributed by atoms with Crippen LogP contribution in [-0.2, 0) is 4.79 Å². The maximum absolute atomic E-state index is 10.9. The molecule has 4 atom stereocenters. The topological polar surface area (TPSA) is 40.5 Å². The van der Waals surface area contributed by atoms with Crippen LogP contribution in [0.15, 0.2) is 0 Å². The van der Waals surface area contributed by atoms with Crippen molar-refractivity contribution in [2.75, 3.05) is 13.1 Å². The number of carboxylic acids is 1. The molecule has 3 heteroatoms. The Hall–Kier alpha value is -0.570. The van der Waals surface area contributed by atoms with Crippen molar-refractivity contribution in [2.24, 2.45) is 17.8 Å². The van der Waals surface area contributed by atoms with Gasteiger partial charge in [-0.3, -0.25) is 9.69 Å². The smallest absolute Gasteiger partial charge is 0.307 e. The normalized spacial score (nSPS) is 31.5. The first-order chi connectivity index (χ1) is 7.95. The second-order valence-corrected chi connectivity index (χ2v) is 5.79. The molecule has 4 unspecified atom stereocenters. The summed E-state index contributed by atoms with van der Waals surface area (Å²) < 4.78 is 0. The second kappa shape index (κ2) is 6.39. The highest BCUT2D eigenvalue weighted by Gasteiger charge is 2.30. The third-order valence-electron chi connectivity index (χ3n) is 4.19. The lowest BCUT2D eigenvalue weighted by atomic mass is 9.79. The number of hydrogen-bond acceptors (Lipinski definition) is 2. The van der Waals surface area contributed by atoms with Crippen molar-refractivity contribution in [2.45, 2.75) is 53.0 Å². The molecule has 3 nitrogen and oxygen atoms in total. The summed E-state index contributed by atoms with van der Waals surface area (Å²) in [5, 5.41) is 9.01. The monoisotopic (exact) mass is 241 g/mol. The largest absolute Gasteiger partial charge is 0.481 e. The van der Waals surface area contributed by atoms with Gasteiger partial charge in [0, 0.05) is 12.6 Å². The van der Waals surface area contributed by atoms with Gasteiger partial charge in [-0.1, -0.05) is 27.7 Å². The van der Waals surface area contributed by atoms with Crippen LogP contribution in [0.5, 0.6) is 0 Å². The Morgan fingerprint density at radius 3 is 2.53 bits per heavy atom. The third kappa shape index (κ3) is 3.98. The highest BCUT2D eigenvalue weighted by atomic mass is 16.4. The highest BCUT2D eigenvalue weighted by Crippen LogP contribution is 2.32. The first-order valence-electron chi connectivity index (χ1n) is 6.92. The number of hydrogen-bond donors (Lipinski definition) is 1. The van der Waals surface area contributed by atoms with Gasteiger partial charge in [-0.2, -0.15) is 0 Å². The Morgan fingerprint density at radius 2 is 2.06 bits per heavy atom. The molecule has 0 saturated heterocycles. The number of carbonyl (C=O) groups is 1. The zero-order valence-corrected chi connectivity index (χ0v) is 11.6.